The van der Waals surface area contributed by atoms with Crippen LogP contribution >= 0.6 is 23.2 Å². The van der Waals surface area contributed by atoms with E-state index in [1.165, 1.54) is 69.8 Å². The number of carbonyl (C=O) groups is 1. The number of ether oxygens (including phenoxy) is 2. The Morgan fingerprint density at radius 3 is 1.80 bits per heavy atom. The zero-order valence-corrected chi connectivity index (χ0v) is 31.1. The predicted molar refractivity (Wildman–Crippen MR) is 189 cm³/mol. The Bertz CT molecular complexity index is 2090. The molecule has 17 heteroatoms. The number of imidazole rings is 1. The number of hydrogen-bond donors (Lipinski definition) is 0. The molecule has 2 aromatic carbocycles. The molecule has 0 N–H and O–H groups in total. The molecule has 0 bridgehead atoms. The molecule has 6 rings (SSSR count). The normalized spacial score (nSPS) is 17.5. The van der Waals surface area contributed by atoms with Crippen molar-refractivity contribution in [2.24, 2.45) is 7.05 Å². The van der Waals surface area contributed by atoms with Gasteiger partial charge in [0.25, 0.3) is 5.60 Å². The van der Waals surface area contributed by atoms with E-state index < -0.39 is 38.2 Å². The van der Waals surface area contributed by atoms with Crippen LogP contribution in [0.1, 0.15) is 61.2 Å². The molecule has 0 aliphatic carbocycles. The van der Waals surface area contributed by atoms with Crippen LogP contribution in [0.25, 0.3) is 0 Å². The zero-order valence-electron chi connectivity index (χ0n) is 27.9. The van der Waals surface area contributed by atoms with Crippen LogP contribution in [-0.4, -0.2) is 77.1 Å². The summed E-state index contributed by atoms with van der Waals surface area (Å²) in [4.78, 5) is 27.6. The molecule has 1 atom stereocenters. The van der Waals surface area contributed by atoms with Gasteiger partial charge in [0.05, 0.1) is 22.6 Å². The van der Waals surface area contributed by atoms with Gasteiger partial charge in [-0.1, -0.05) is 36.0 Å². The van der Waals surface area contributed by atoms with Gasteiger partial charge in [-0.15, -0.1) is 0 Å². The number of halogens is 2. The summed E-state index contributed by atoms with van der Waals surface area (Å²) in [6.07, 6.45) is 12.3. The van der Waals surface area contributed by atoms with Gasteiger partial charge in [0.1, 0.15) is 12.3 Å². The third kappa shape index (κ3) is 7.70. The number of aryl methyl sites for hydroxylation is 1. The summed E-state index contributed by atoms with van der Waals surface area (Å²) < 4.78 is 70.7. The molecule has 2 saturated heterocycles. The van der Waals surface area contributed by atoms with Crippen molar-refractivity contribution in [3.8, 4) is 0 Å². The summed E-state index contributed by atoms with van der Waals surface area (Å²) >= 11 is 13.1. The smallest absolute Gasteiger partial charge is 0.353 e. The highest BCUT2D eigenvalue weighted by molar-refractivity contribution is 7.89. The second-order valence-electron chi connectivity index (χ2n) is 12.4. The summed E-state index contributed by atoms with van der Waals surface area (Å²) in [6, 6.07) is 8.65. The molecule has 272 valence electrons. The molecule has 13 nitrogen and oxygen atoms in total. The quantitative estimate of drug-likeness (QED) is 0.178. The lowest BCUT2D eigenvalue weighted by Crippen LogP contribution is -2.44. The Hall–Kier alpha value is -3.44. The fraction of sp³-hybridized carbons (Fsp3) is 0.412. The van der Waals surface area contributed by atoms with Crippen molar-refractivity contribution in [2.45, 2.75) is 67.1 Å². The molecule has 0 saturated carbocycles. The summed E-state index contributed by atoms with van der Waals surface area (Å²) in [7, 11) is -5.94. The number of benzene rings is 2. The maximum atomic E-state index is 14.5. The highest BCUT2D eigenvalue weighted by Gasteiger charge is 2.50. The number of carbonyl (C=O) groups excluding carboxylic acids is 1. The SMILES string of the molecule is Cn1ccnc1C(OCc1cc(S(=O)(=O)N2CCCCC2)ccc1Cl)(C(=O)OCc1cc(S(=O)(=O)N2CCCCC2)ccc1Cl)c1cnccn1. The van der Waals surface area contributed by atoms with Gasteiger partial charge >= 0.3 is 5.97 Å². The highest BCUT2D eigenvalue weighted by atomic mass is 35.5. The average molecular weight is 778 g/mol. The van der Waals surface area contributed by atoms with E-state index in [0.717, 1.165) is 38.5 Å². The molecular weight excluding hydrogens is 739 g/mol. The van der Waals surface area contributed by atoms with Gasteiger partial charge < -0.3 is 14.0 Å². The highest BCUT2D eigenvalue weighted by Crippen LogP contribution is 2.36. The lowest BCUT2D eigenvalue weighted by Gasteiger charge is -2.31. The van der Waals surface area contributed by atoms with Gasteiger partial charge in [-0.3, -0.25) is 9.97 Å². The second kappa shape index (κ2) is 15.7. The van der Waals surface area contributed by atoms with E-state index >= 15 is 0 Å². The number of hydrogen-bond acceptors (Lipinski definition) is 10. The maximum absolute atomic E-state index is 14.5. The Labute approximate surface area is 307 Å². The zero-order chi connectivity index (χ0) is 36.2. The van der Waals surface area contributed by atoms with E-state index in [4.69, 9.17) is 32.7 Å². The van der Waals surface area contributed by atoms with Crippen molar-refractivity contribution >= 4 is 49.2 Å². The fourth-order valence-corrected chi connectivity index (χ4v) is 9.76. The van der Waals surface area contributed by atoms with E-state index in [1.54, 1.807) is 17.8 Å². The minimum atomic E-state index is -3.81. The number of esters is 1. The standard InChI is InChI=1S/C34H38Cl2N6O7S2/c1-40-19-14-39-32(40)34(31-22-37-12-13-38-31,49-24-26-21-28(9-11-30(26)36)51(46,47)42-17-6-3-7-18-42)33(43)48-23-25-20-27(8-10-29(25)35)50(44,45)41-15-4-2-5-16-41/h8-14,19-22H,2-7,15-18,23-24H2,1H3. The van der Waals surface area contributed by atoms with Crippen molar-refractivity contribution in [3.05, 3.63) is 100 Å². The molecule has 1 unspecified atom stereocenters. The molecule has 0 radical (unpaired) electrons. The number of sulfonamides is 2. The molecule has 0 spiro atoms. The molecule has 2 fully saturated rings. The Kier molecular flexibility index (Phi) is 11.5. The summed E-state index contributed by atoms with van der Waals surface area (Å²) in [5, 5.41) is 0.411. The molecule has 4 heterocycles. The Balaban J connectivity index is 1.34. The van der Waals surface area contributed by atoms with Gasteiger partial charge in [-0.05, 0) is 67.6 Å². The number of aromatic nitrogens is 4. The van der Waals surface area contributed by atoms with Crippen molar-refractivity contribution in [1.82, 2.24) is 28.1 Å². The van der Waals surface area contributed by atoms with Gasteiger partial charge in [0.15, 0.2) is 5.82 Å². The van der Waals surface area contributed by atoms with E-state index in [2.05, 4.69) is 15.0 Å². The van der Waals surface area contributed by atoms with Gasteiger partial charge in [0, 0.05) is 73.6 Å². The van der Waals surface area contributed by atoms with E-state index in [9.17, 15) is 21.6 Å². The first-order valence-corrected chi connectivity index (χ1v) is 20.2. The molecule has 4 aromatic rings. The predicted octanol–water partition coefficient (Wildman–Crippen LogP) is 5.07. The lowest BCUT2D eigenvalue weighted by molar-refractivity contribution is -0.173. The Morgan fingerprint density at radius 2 is 1.31 bits per heavy atom. The van der Waals surface area contributed by atoms with Crippen LogP contribution < -0.4 is 0 Å². The topological polar surface area (TPSA) is 154 Å². The van der Waals surface area contributed by atoms with Gasteiger partial charge in [-0.2, -0.15) is 8.61 Å². The van der Waals surface area contributed by atoms with E-state index in [1.807, 2.05) is 0 Å². The van der Waals surface area contributed by atoms with Crippen molar-refractivity contribution < 1.29 is 31.1 Å². The van der Waals surface area contributed by atoms with Crippen molar-refractivity contribution in [1.29, 1.82) is 0 Å². The van der Waals surface area contributed by atoms with Crippen molar-refractivity contribution in [2.75, 3.05) is 26.2 Å². The summed E-state index contributed by atoms with van der Waals surface area (Å²) in [5.74, 6) is -0.861. The third-order valence-electron chi connectivity index (χ3n) is 9.09. The maximum Gasteiger partial charge on any atom is 0.353 e. The third-order valence-corrected chi connectivity index (χ3v) is 13.6. The lowest BCUT2D eigenvalue weighted by atomic mass is 9.98. The van der Waals surface area contributed by atoms with Crippen molar-refractivity contribution in [3.63, 3.8) is 0 Å². The molecular formula is C34H38Cl2N6O7S2. The van der Waals surface area contributed by atoms with Crippen LogP contribution in [0, 0.1) is 0 Å². The van der Waals surface area contributed by atoms with Gasteiger partial charge in [-0.25, -0.2) is 26.6 Å². The average Bonchev–Trinajstić information content (AvgIpc) is 3.59. The van der Waals surface area contributed by atoms with Crippen LogP contribution in [0.3, 0.4) is 0 Å². The number of nitrogens with zero attached hydrogens (tertiary/aromatic N) is 6. The first-order chi connectivity index (χ1) is 24.4. The monoisotopic (exact) mass is 776 g/mol. The second-order valence-corrected chi connectivity index (χ2v) is 17.1. The largest absolute Gasteiger partial charge is 0.458 e. The van der Waals surface area contributed by atoms with Crippen LogP contribution in [0.15, 0.2) is 77.2 Å². The van der Waals surface area contributed by atoms with E-state index in [-0.39, 0.29) is 43.5 Å². The number of rotatable bonds is 12. The minimum absolute atomic E-state index is 0.0324. The first kappa shape index (κ1) is 37.3. The molecule has 2 aliphatic rings. The molecule has 2 aliphatic heterocycles. The van der Waals surface area contributed by atoms with Gasteiger partial charge in [0.2, 0.25) is 20.0 Å². The first-order valence-electron chi connectivity index (χ1n) is 16.6. The summed E-state index contributed by atoms with van der Waals surface area (Å²) in [5.41, 5.74) is -1.55. The van der Waals surface area contributed by atoms with E-state index in [0.29, 0.717) is 31.7 Å². The van der Waals surface area contributed by atoms with Crippen LogP contribution in [0.4, 0.5) is 0 Å². The fourth-order valence-electron chi connectivity index (χ4n) is 6.28. The molecule has 0 amide bonds. The molecule has 51 heavy (non-hydrogen) atoms. The minimum Gasteiger partial charge on any atom is -0.458 e. The van der Waals surface area contributed by atoms with Crippen LogP contribution in [-0.2, 0) is 60.2 Å². The Morgan fingerprint density at radius 1 is 0.765 bits per heavy atom. The molecule has 2 aromatic heterocycles. The number of piperidine rings is 2. The van der Waals surface area contributed by atoms with Crippen LogP contribution in [0.2, 0.25) is 10.0 Å². The summed E-state index contributed by atoms with van der Waals surface area (Å²) in [6.45, 7) is 0.928. The van der Waals surface area contributed by atoms with Crippen LogP contribution in [0.5, 0.6) is 0 Å².